The Morgan fingerprint density at radius 2 is 1.53 bits per heavy atom. The number of benzene rings is 2. The van der Waals surface area contributed by atoms with Gasteiger partial charge in [-0.1, -0.05) is 95.3 Å². The van der Waals surface area contributed by atoms with E-state index in [1.54, 1.807) is 0 Å². The van der Waals surface area contributed by atoms with Gasteiger partial charge in [-0.15, -0.1) is 0 Å². The maximum absolute atomic E-state index is 12.5. The second-order valence-corrected chi connectivity index (χ2v) is 14.5. The Morgan fingerprint density at radius 3 is 2.00 bits per heavy atom. The Morgan fingerprint density at radius 1 is 0.971 bits per heavy atom. The van der Waals surface area contributed by atoms with Gasteiger partial charge in [-0.05, 0) is 40.6 Å². The molecule has 0 spiro atoms. The van der Waals surface area contributed by atoms with Gasteiger partial charge in [-0.25, -0.2) is 4.79 Å². The van der Waals surface area contributed by atoms with Crippen LogP contribution in [0.1, 0.15) is 60.3 Å². The van der Waals surface area contributed by atoms with E-state index in [1.165, 1.54) is 10.4 Å². The summed E-state index contributed by atoms with van der Waals surface area (Å²) in [6, 6.07) is 20.8. The maximum atomic E-state index is 12.5. The van der Waals surface area contributed by atoms with Crippen molar-refractivity contribution in [3.05, 3.63) is 60.7 Å². The first-order chi connectivity index (χ1) is 16.2. The Hall–Kier alpha value is -2.44. The molecule has 0 aromatic heterocycles. The highest BCUT2D eigenvalue weighted by molar-refractivity contribution is 6.99. The summed E-state index contributed by atoms with van der Waals surface area (Å²) in [7, 11) is -2.73. The van der Waals surface area contributed by atoms with Gasteiger partial charge in [0, 0.05) is 13.0 Å². The third-order valence-corrected chi connectivity index (χ3v) is 11.0. The lowest BCUT2D eigenvalue weighted by molar-refractivity contribution is -0.108. The van der Waals surface area contributed by atoms with Crippen LogP contribution in [0, 0.1) is 5.92 Å². The zero-order chi connectivity index (χ0) is 25.0. The zero-order valence-electron chi connectivity index (χ0n) is 21.4. The summed E-state index contributed by atoms with van der Waals surface area (Å²) >= 11 is 0. The van der Waals surface area contributed by atoms with Crippen LogP contribution in [0.25, 0.3) is 0 Å². The molecule has 0 bridgehead atoms. The van der Waals surface area contributed by atoms with Crippen LogP contribution in [0.3, 0.4) is 0 Å². The summed E-state index contributed by atoms with van der Waals surface area (Å²) in [5, 5.41) is 5.05. The van der Waals surface area contributed by atoms with Crippen LogP contribution in [0.15, 0.2) is 60.7 Å². The summed E-state index contributed by atoms with van der Waals surface area (Å²) in [5.41, 5.74) is 0. The van der Waals surface area contributed by atoms with Gasteiger partial charge in [0.25, 0.3) is 8.32 Å². The normalized spacial score (nSPS) is 12.9. The minimum Gasteiger partial charge on any atom is -0.444 e. The summed E-state index contributed by atoms with van der Waals surface area (Å²) in [4.78, 5) is 23.4. The van der Waals surface area contributed by atoms with E-state index in [-0.39, 0.29) is 11.6 Å². The highest BCUT2D eigenvalue weighted by atomic mass is 28.4. The molecule has 0 saturated heterocycles. The fourth-order valence-corrected chi connectivity index (χ4v) is 8.83. The number of amides is 1. The average molecular weight is 484 g/mol. The molecule has 34 heavy (non-hydrogen) atoms. The summed E-state index contributed by atoms with van der Waals surface area (Å²) in [6.07, 6.45) is 2.61. The van der Waals surface area contributed by atoms with E-state index in [0.29, 0.717) is 31.7 Å². The number of aldehydes is 1. The van der Waals surface area contributed by atoms with Gasteiger partial charge in [-0.3, -0.25) is 0 Å². The molecule has 6 heteroatoms. The number of carbonyl (C=O) groups is 2. The second kappa shape index (κ2) is 13.4. The van der Waals surface area contributed by atoms with Crippen molar-refractivity contribution in [1.29, 1.82) is 0 Å². The van der Waals surface area contributed by atoms with E-state index < -0.39 is 20.5 Å². The molecule has 1 N–H and O–H groups in total. The summed E-state index contributed by atoms with van der Waals surface area (Å²) < 4.78 is 12.7. The minimum absolute atomic E-state index is 0.164. The molecule has 0 fully saturated rings. The molecule has 5 nitrogen and oxygen atoms in total. The van der Waals surface area contributed by atoms with Crippen molar-refractivity contribution in [2.75, 3.05) is 13.2 Å². The van der Waals surface area contributed by atoms with E-state index in [2.05, 4.69) is 88.5 Å². The third-order valence-electron chi connectivity index (χ3n) is 6.02. The van der Waals surface area contributed by atoms with E-state index in [0.717, 1.165) is 12.7 Å². The molecule has 2 aromatic rings. The smallest absolute Gasteiger partial charge is 0.407 e. The average Bonchev–Trinajstić information content (AvgIpc) is 2.79. The zero-order valence-corrected chi connectivity index (χ0v) is 22.4. The SMILES string of the molecule is CC(C)CCNC(=O)OC(CCCC=O)CO[Si](c1ccccc1)(c1ccccc1)C(C)(C)C. The Balaban J connectivity index is 2.31. The lowest BCUT2D eigenvalue weighted by atomic mass is 10.1. The minimum atomic E-state index is -2.73. The van der Waals surface area contributed by atoms with Crippen LogP contribution in [0.4, 0.5) is 4.79 Å². The standard InChI is InChI=1S/C28H41NO4Si/c1-23(2)19-20-29-27(31)33-24(14-12-13-21-30)22-32-34(28(3,4)5,25-15-8-6-9-16-25)26-17-10-7-11-18-26/h6-11,15-18,21,23-24H,12-14,19-20,22H2,1-5H3,(H,29,31). The number of hydrogen-bond donors (Lipinski definition) is 1. The summed E-state index contributed by atoms with van der Waals surface area (Å²) in [5.74, 6) is 0.502. The number of unbranched alkanes of at least 4 members (excludes halogenated alkanes) is 1. The number of alkyl carbamates (subject to hydrolysis) is 1. The molecular weight excluding hydrogens is 442 g/mol. The molecule has 2 aromatic carbocycles. The van der Waals surface area contributed by atoms with Gasteiger partial charge in [-0.2, -0.15) is 0 Å². The predicted octanol–water partition coefficient (Wildman–Crippen LogP) is 5.07. The van der Waals surface area contributed by atoms with Gasteiger partial charge in [0.2, 0.25) is 0 Å². The predicted molar refractivity (Wildman–Crippen MR) is 141 cm³/mol. The van der Waals surface area contributed by atoms with E-state index >= 15 is 0 Å². The van der Waals surface area contributed by atoms with Crippen LogP contribution >= 0.6 is 0 Å². The van der Waals surface area contributed by atoms with Crippen molar-refractivity contribution in [3.8, 4) is 0 Å². The highest BCUT2D eigenvalue weighted by Crippen LogP contribution is 2.37. The summed E-state index contributed by atoms with van der Waals surface area (Å²) in [6.45, 7) is 11.8. The topological polar surface area (TPSA) is 64.6 Å². The molecule has 2 rings (SSSR count). The molecule has 0 radical (unpaired) electrons. The Labute approximate surface area is 206 Å². The van der Waals surface area contributed by atoms with Crippen LogP contribution < -0.4 is 15.7 Å². The first-order valence-electron chi connectivity index (χ1n) is 12.3. The van der Waals surface area contributed by atoms with Gasteiger partial charge < -0.3 is 19.3 Å². The van der Waals surface area contributed by atoms with Gasteiger partial charge in [0.1, 0.15) is 12.4 Å². The third kappa shape index (κ3) is 7.81. The first kappa shape index (κ1) is 27.8. The largest absolute Gasteiger partial charge is 0.444 e. The van der Waals surface area contributed by atoms with Crippen LogP contribution in [0.2, 0.25) is 5.04 Å². The van der Waals surface area contributed by atoms with Crippen molar-refractivity contribution in [2.24, 2.45) is 5.92 Å². The fraction of sp³-hybridized carbons (Fsp3) is 0.500. The number of carbonyl (C=O) groups excluding carboxylic acids is 2. The Bertz CT molecular complexity index is 825. The molecule has 1 unspecified atom stereocenters. The van der Waals surface area contributed by atoms with Crippen LogP contribution in [-0.2, 0) is 14.0 Å². The van der Waals surface area contributed by atoms with Crippen molar-refractivity contribution in [2.45, 2.75) is 71.4 Å². The molecule has 186 valence electrons. The molecular formula is C28H41NO4Si. The molecule has 0 aliphatic rings. The van der Waals surface area contributed by atoms with Crippen molar-refractivity contribution < 1.29 is 18.8 Å². The van der Waals surface area contributed by atoms with Gasteiger partial charge in [0.05, 0.1) is 6.61 Å². The van der Waals surface area contributed by atoms with E-state index in [1.807, 2.05) is 12.1 Å². The van der Waals surface area contributed by atoms with Crippen LogP contribution in [-0.4, -0.2) is 40.0 Å². The Kier molecular flexibility index (Phi) is 11.0. The fourth-order valence-electron chi connectivity index (χ4n) is 4.24. The second-order valence-electron chi connectivity index (χ2n) is 10.2. The number of rotatable bonds is 13. The van der Waals surface area contributed by atoms with E-state index in [9.17, 15) is 9.59 Å². The van der Waals surface area contributed by atoms with E-state index in [4.69, 9.17) is 9.16 Å². The molecule has 0 aliphatic carbocycles. The molecule has 0 aliphatic heterocycles. The monoisotopic (exact) mass is 483 g/mol. The van der Waals surface area contributed by atoms with Crippen molar-refractivity contribution >= 4 is 31.1 Å². The van der Waals surface area contributed by atoms with Gasteiger partial charge in [0.15, 0.2) is 0 Å². The number of nitrogens with one attached hydrogen (secondary N) is 1. The lowest BCUT2D eigenvalue weighted by Crippen LogP contribution is -2.67. The molecule has 0 saturated carbocycles. The quantitative estimate of drug-likeness (QED) is 0.245. The first-order valence-corrected chi connectivity index (χ1v) is 14.2. The molecule has 1 atom stereocenters. The van der Waals surface area contributed by atoms with Gasteiger partial charge >= 0.3 is 6.09 Å². The van der Waals surface area contributed by atoms with Crippen LogP contribution in [0.5, 0.6) is 0 Å². The number of hydrogen-bond acceptors (Lipinski definition) is 4. The number of ether oxygens (including phenoxy) is 1. The van der Waals surface area contributed by atoms with Crippen molar-refractivity contribution in [3.63, 3.8) is 0 Å². The molecule has 0 heterocycles. The highest BCUT2D eigenvalue weighted by Gasteiger charge is 2.50. The maximum Gasteiger partial charge on any atom is 0.407 e. The van der Waals surface area contributed by atoms with Crippen molar-refractivity contribution in [1.82, 2.24) is 5.32 Å². The molecule has 1 amide bonds. The lowest BCUT2D eigenvalue weighted by Gasteiger charge is -2.43.